The molecule has 0 aliphatic rings. The second-order valence-corrected chi connectivity index (χ2v) is 8.87. The average molecular weight is 425 g/mol. The molecule has 0 spiro atoms. The van der Waals surface area contributed by atoms with Crippen molar-refractivity contribution in [1.82, 2.24) is 14.6 Å². The molecule has 0 radical (unpaired) electrons. The first-order chi connectivity index (χ1) is 13.8. The first kappa shape index (κ1) is 19.7. The van der Waals surface area contributed by atoms with E-state index in [0.717, 1.165) is 33.8 Å². The van der Waals surface area contributed by atoms with Gasteiger partial charge in [-0.3, -0.25) is 0 Å². The number of halogens is 2. The molecule has 148 valence electrons. The molecule has 4 nitrogen and oxygen atoms in total. The van der Waals surface area contributed by atoms with E-state index >= 15 is 0 Å². The molecule has 0 amide bonds. The molecule has 0 unspecified atom stereocenters. The Morgan fingerprint density at radius 1 is 1.00 bits per heavy atom. The first-order valence-electron chi connectivity index (χ1n) is 9.45. The van der Waals surface area contributed by atoms with Crippen molar-refractivity contribution in [3.8, 4) is 11.1 Å². The van der Waals surface area contributed by atoms with Gasteiger partial charge in [-0.2, -0.15) is 9.61 Å². The zero-order chi connectivity index (χ0) is 20.6. The van der Waals surface area contributed by atoms with Crippen LogP contribution in [0.25, 0.3) is 16.8 Å². The third-order valence-corrected chi connectivity index (χ3v) is 5.39. The van der Waals surface area contributed by atoms with Crippen LogP contribution in [0, 0.1) is 0 Å². The van der Waals surface area contributed by atoms with Gasteiger partial charge in [0, 0.05) is 33.6 Å². The molecule has 2 aromatic carbocycles. The molecule has 4 rings (SSSR count). The second-order valence-electron chi connectivity index (χ2n) is 8.03. The highest BCUT2D eigenvalue weighted by atomic mass is 35.5. The molecule has 29 heavy (non-hydrogen) atoms. The van der Waals surface area contributed by atoms with E-state index in [0.29, 0.717) is 16.6 Å². The van der Waals surface area contributed by atoms with Gasteiger partial charge in [0.25, 0.3) is 0 Å². The van der Waals surface area contributed by atoms with Crippen molar-refractivity contribution in [3.05, 3.63) is 82.1 Å². The van der Waals surface area contributed by atoms with Crippen LogP contribution in [0.3, 0.4) is 0 Å². The van der Waals surface area contributed by atoms with Gasteiger partial charge >= 0.3 is 0 Å². The molecule has 0 fully saturated rings. The van der Waals surface area contributed by atoms with Crippen LogP contribution in [0.2, 0.25) is 10.0 Å². The van der Waals surface area contributed by atoms with Gasteiger partial charge in [0.2, 0.25) is 0 Å². The van der Waals surface area contributed by atoms with Gasteiger partial charge in [-0.05, 0) is 23.3 Å². The van der Waals surface area contributed by atoms with Gasteiger partial charge in [-0.1, -0.05) is 80.4 Å². The smallest absolute Gasteiger partial charge is 0.165 e. The summed E-state index contributed by atoms with van der Waals surface area (Å²) in [4.78, 5) is 4.94. The molecular weight excluding hydrogens is 403 g/mol. The average Bonchev–Trinajstić information content (AvgIpc) is 3.11. The van der Waals surface area contributed by atoms with Crippen LogP contribution in [-0.2, 0) is 12.0 Å². The molecule has 0 bridgehead atoms. The quantitative estimate of drug-likeness (QED) is 0.400. The van der Waals surface area contributed by atoms with Gasteiger partial charge in [-0.15, -0.1) is 0 Å². The summed E-state index contributed by atoms with van der Waals surface area (Å²) in [5, 5.41) is 9.34. The Kier molecular flexibility index (Phi) is 5.24. The van der Waals surface area contributed by atoms with Crippen LogP contribution in [0.4, 0.5) is 5.82 Å². The first-order valence-corrected chi connectivity index (χ1v) is 10.2. The second kappa shape index (κ2) is 7.69. The lowest BCUT2D eigenvalue weighted by Crippen LogP contribution is -2.16. The van der Waals surface area contributed by atoms with E-state index in [-0.39, 0.29) is 5.41 Å². The molecule has 4 aromatic rings. The lowest BCUT2D eigenvalue weighted by atomic mass is 9.92. The van der Waals surface area contributed by atoms with E-state index in [4.69, 9.17) is 28.2 Å². The van der Waals surface area contributed by atoms with Crippen LogP contribution < -0.4 is 5.32 Å². The molecule has 0 saturated carbocycles. The van der Waals surface area contributed by atoms with Crippen LogP contribution in [0.1, 0.15) is 32.0 Å². The summed E-state index contributed by atoms with van der Waals surface area (Å²) in [5.74, 6) is 0.869. The fourth-order valence-corrected chi connectivity index (χ4v) is 3.62. The molecule has 2 aromatic heterocycles. The van der Waals surface area contributed by atoms with Crippen molar-refractivity contribution < 1.29 is 0 Å². The molecule has 6 heteroatoms. The summed E-state index contributed by atoms with van der Waals surface area (Å²) < 4.78 is 1.85. The third kappa shape index (κ3) is 4.09. The third-order valence-electron chi connectivity index (χ3n) is 4.80. The minimum absolute atomic E-state index is 0.103. The Bertz CT molecular complexity index is 1160. The van der Waals surface area contributed by atoms with Gasteiger partial charge in [0.1, 0.15) is 5.82 Å². The number of nitrogens with one attached hydrogen (secondary N) is 1. The van der Waals surface area contributed by atoms with Crippen molar-refractivity contribution in [1.29, 1.82) is 0 Å². The number of hydrogen-bond donors (Lipinski definition) is 1. The lowest BCUT2D eigenvalue weighted by Gasteiger charge is -2.20. The minimum Gasteiger partial charge on any atom is -0.366 e. The molecule has 0 atom stereocenters. The predicted octanol–water partition coefficient (Wildman–Crippen LogP) is 6.61. The number of anilines is 1. The van der Waals surface area contributed by atoms with Gasteiger partial charge in [-0.25, -0.2) is 4.98 Å². The molecule has 0 aliphatic heterocycles. The van der Waals surface area contributed by atoms with Crippen LogP contribution in [0.5, 0.6) is 0 Å². The van der Waals surface area contributed by atoms with Crippen molar-refractivity contribution in [2.75, 3.05) is 5.32 Å². The Balaban J connectivity index is 1.79. The summed E-state index contributed by atoms with van der Waals surface area (Å²) in [6.45, 7) is 7.03. The van der Waals surface area contributed by atoms with Crippen molar-refractivity contribution >= 4 is 34.7 Å². The highest BCUT2D eigenvalue weighted by molar-refractivity contribution is 6.35. The normalized spacial score (nSPS) is 11.8. The van der Waals surface area contributed by atoms with E-state index < -0.39 is 0 Å². The Morgan fingerprint density at radius 2 is 1.76 bits per heavy atom. The molecule has 0 saturated heterocycles. The highest BCUT2D eigenvalue weighted by Gasteiger charge is 2.20. The van der Waals surface area contributed by atoms with Crippen molar-refractivity contribution in [2.24, 2.45) is 0 Å². The topological polar surface area (TPSA) is 42.2 Å². The number of rotatable bonds is 4. The van der Waals surface area contributed by atoms with E-state index in [1.54, 1.807) is 6.07 Å². The van der Waals surface area contributed by atoms with Crippen LogP contribution in [-0.4, -0.2) is 14.6 Å². The Labute approximate surface area is 180 Å². The Hall–Kier alpha value is -2.56. The van der Waals surface area contributed by atoms with Crippen LogP contribution >= 0.6 is 23.2 Å². The van der Waals surface area contributed by atoms with Gasteiger partial charge in [0.15, 0.2) is 5.65 Å². The zero-order valence-electron chi connectivity index (χ0n) is 16.6. The molecule has 2 heterocycles. The zero-order valence-corrected chi connectivity index (χ0v) is 18.1. The molecule has 0 aliphatic carbocycles. The molecule has 1 N–H and O–H groups in total. The van der Waals surface area contributed by atoms with E-state index in [9.17, 15) is 0 Å². The predicted molar refractivity (Wildman–Crippen MR) is 121 cm³/mol. The fraction of sp³-hybridized carbons (Fsp3) is 0.217. The summed E-state index contributed by atoms with van der Waals surface area (Å²) in [6, 6.07) is 17.8. The minimum atomic E-state index is -0.103. The number of nitrogens with zero attached hydrogens (tertiary/aromatic N) is 3. The Morgan fingerprint density at radius 3 is 2.45 bits per heavy atom. The SMILES string of the molecule is CC(C)(C)c1cc(NCc2ccc(Cl)cc2Cl)n2ncc(-c3ccccc3)c2n1. The van der Waals surface area contributed by atoms with Crippen LogP contribution in [0.15, 0.2) is 60.8 Å². The van der Waals surface area contributed by atoms with Gasteiger partial charge in [0.05, 0.1) is 11.9 Å². The summed E-state index contributed by atoms with van der Waals surface area (Å²) in [6.07, 6.45) is 1.87. The van der Waals surface area contributed by atoms with E-state index in [1.807, 2.05) is 41.0 Å². The summed E-state index contributed by atoms with van der Waals surface area (Å²) in [5.41, 5.74) is 4.78. The number of hydrogen-bond acceptors (Lipinski definition) is 3. The number of benzene rings is 2. The maximum Gasteiger partial charge on any atom is 0.165 e. The lowest BCUT2D eigenvalue weighted by molar-refractivity contribution is 0.568. The van der Waals surface area contributed by atoms with Crippen molar-refractivity contribution in [3.63, 3.8) is 0 Å². The van der Waals surface area contributed by atoms with Gasteiger partial charge < -0.3 is 5.32 Å². The molecular formula is C23H22Cl2N4. The highest BCUT2D eigenvalue weighted by Crippen LogP contribution is 2.30. The number of fused-ring (bicyclic) bond motifs is 1. The maximum atomic E-state index is 6.34. The maximum absolute atomic E-state index is 6.34. The summed E-state index contributed by atoms with van der Waals surface area (Å²) >= 11 is 12.4. The van der Waals surface area contributed by atoms with E-state index in [2.05, 4.69) is 49.4 Å². The van der Waals surface area contributed by atoms with Crippen molar-refractivity contribution in [2.45, 2.75) is 32.7 Å². The largest absolute Gasteiger partial charge is 0.366 e. The number of aromatic nitrogens is 3. The fourth-order valence-electron chi connectivity index (χ4n) is 3.15. The summed E-state index contributed by atoms with van der Waals surface area (Å²) in [7, 11) is 0. The standard InChI is InChI=1S/C23H22Cl2N4/c1-23(2,3)20-12-21(26-13-16-9-10-17(24)11-19(16)25)29-22(28-20)18(14-27-29)15-7-5-4-6-8-15/h4-12,14,26H,13H2,1-3H3. The monoisotopic (exact) mass is 424 g/mol. The van der Waals surface area contributed by atoms with E-state index in [1.165, 1.54) is 0 Å².